The van der Waals surface area contributed by atoms with E-state index in [4.69, 9.17) is 0 Å². The van der Waals surface area contributed by atoms with Crippen LogP contribution in [0.3, 0.4) is 0 Å². The molecule has 0 bridgehead atoms. The van der Waals surface area contributed by atoms with Crippen molar-refractivity contribution in [2.24, 2.45) is 5.41 Å². The van der Waals surface area contributed by atoms with E-state index in [0.29, 0.717) is 5.41 Å². The Kier molecular flexibility index (Phi) is 8.81. The summed E-state index contributed by atoms with van der Waals surface area (Å²) in [6.07, 6.45) is 11.0. The third-order valence-electron chi connectivity index (χ3n) is 4.06. The van der Waals surface area contributed by atoms with Gasteiger partial charge in [0.1, 0.15) is 0 Å². The van der Waals surface area contributed by atoms with Crippen LogP contribution in [0.4, 0.5) is 0 Å². The summed E-state index contributed by atoms with van der Waals surface area (Å²) in [5, 5.41) is 0. The first-order valence-corrected chi connectivity index (χ1v) is 7.59. The highest BCUT2D eigenvalue weighted by molar-refractivity contribution is 7.17. The molecule has 0 saturated carbocycles. The van der Waals surface area contributed by atoms with Crippen LogP contribution in [0.5, 0.6) is 0 Å². The molecule has 2 unspecified atom stereocenters. The predicted molar refractivity (Wildman–Crippen MR) is 75.6 cm³/mol. The summed E-state index contributed by atoms with van der Waals surface area (Å²) in [6.45, 7) is 9.35. The number of unbranched alkanes of at least 4 members (excludes halogenated alkanes) is 2. The van der Waals surface area contributed by atoms with Crippen molar-refractivity contribution in [1.29, 1.82) is 0 Å². The zero-order chi connectivity index (χ0) is 11.7. The fourth-order valence-electron chi connectivity index (χ4n) is 2.73. The van der Waals surface area contributed by atoms with Gasteiger partial charge in [-0.3, -0.25) is 0 Å². The van der Waals surface area contributed by atoms with Crippen molar-refractivity contribution in [1.82, 2.24) is 0 Å². The standard InChI is InChI=1S/C14H31P/c1-5-9-10-11-13(15)14(7-3,8-4)12-6-2/h13H,5-12,15H2,1-4H3. The highest BCUT2D eigenvalue weighted by atomic mass is 31.0. The maximum absolute atomic E-state index is 3.14. The summed E-state index contributed by atoms with van der Waals surface area (Å²) >= 11 is 0. The largest absolute Gasteiger partial charge is 0.134 e. The van der Waals surface area contributed by atoms with Gasteiger partial charge in [-0.05, 0) is 36.8 Å². The fraction of sp³-hybridized carbons (Fsp3) is 1.00. The molecule has 0 aliphatic rings. The van der Waals surface area contributed by atoms with Crippen molar-refractivity contribution < 1.29 is 0 Å². The Hall–Kier alpha value is 0.430. The van der Waals surface area contributed by atoms with Crippen molar-refractivity contribution in [3.8, 4) is 0 Å². The molecule has 0 radical (unpaired) electrons. The first kappa shape index (κ1) is 15.4. The van der Waals surface area contributed by atoms with Crippen molar-refractivity contribution in [2.45, 2.75) is 84.7 Å². The van der Waals surface area contributed by atoms with Crippen LogP contribution >= 0.6 is 9.24 Å². The van der Waals surface area contributed by atoms with E-state index in [-0.39, 0.29) is 0 Å². The molecule has 0 aliphatic carbocycles. The summed E-state index contributed by atoms with van der Waals surface area (Å²) in [5.74, 6) is 0. The van der Waals surface area contributed by atoms with Gasteiger partial charge >= 0.3 is 0 Å². The lowest BCUT2D eigenvalue weighted by Gasteiger charge is -2.38. The van der Waals surface area contributed by atoms with Crippen LogP contribution in [-0.2, 0) is 0 Å². The normalized spacial score (nSPS) is 14.2. The van der Waals surface area contributed by atoms with Gasteiger partial charge in [-0.1, -0.05) is 53.4 Å². The molecule has 0 saturated heterocycles. The second-order valence-corrected chi connectivity index (χ2v) is 5.73. The topological polar surface area (TPSA) is 0 Å². The van der Waals surface area contributed by atoms with Crippen molar-refractivity contribution in [3.63, 3.8) is 0 Å². The average molecular weight is 230 g/mol. The molecular weight excluding hydrogens is 199 g/mol. The molecule has 0 aromatic rings. The Morgan fingerprint density at radius 3 is 1.93 bits per heavy atom. The molecule has 0 aromatic carbocycles. The van der Waals surface area contributed by atoms with Gasteiger partial charge < -0.3 is 0 Å². The molecule has 0 heterocycles. The molecule has 0 spiro atoms. The smallest absolute Gasteiger partial charge is 0.0208 e. The van der Waals surface area contributed by atoms with E-state index in [9.17, 15) is 0 Å². The summed E-state index contributed by atoms with van der Waals surface area (Å²) in [4.78, 5) is 0. The second-order valence-electron chi connectivity index (χ2n) is 4.92. The minimum atomic E-state index is 0.604. The first-order chi connectivity index (χ1) is 7.16. The summed E-state index contributed by atoms with van der Waals surface area (Å²) in [5.41, 5.74) is 1.44. The minimum Gasteiger partial charge on any atom is -0.134 e. The molecule has 0 fully saturated rings. The van der Waals surface area contributed by atoms with Crippen LogP contribution in [0.25, 0.3) is 0 Å². The van der Waals surface area contributed by atoms with Gasteiger partial charge in [-0.2, -0.15) is 0 Å². The molecule has 0 nitrogen and oxygen atoms in total. The second kappa shape index (κ2) is 8.57. The summed E-state index contributed by atoms with van der Waals surface area (Å²) < 4.78 is 0. The van der Waals surface area contributed by atoms with Crippen LogP contribution in [0.1, 0.15) is 79.1 Å². The van der Waals surface area contributed by atoms with Crippen LogP contribution in [0.2, 0.25) is 0 Å². The Labute approximate surface area is 99.8 Å². The van der Waals surface area contributed by atoms with Crippen LogP contribution in [-0.4, -0.2) is 5.66 Å². The SMILES string of the molecule is CCCCCC(P)C(CC)(CC)CCC. The molecular formula is C14H31P. The molecule has 0 N–H and O–H groups in total. The molecule has 1 heteroatoms. The van der Waals surface area contributed by atoms with E-state index in [1.54, 1.807) is 0 Å². The van der Waals surface area contributed by atoms with E-state index >= 15 is 0 Å². The van der Waals surface area contributed by atoms with Gasteiger partial charge in [0.2, 0.25) is 0 Å². The predicted octanol–water partition coefficient (Wildman–Crippen LogP) is 5.42. The van der Waals surface area contributed by atoms with Gasteiger partial charge in [0, 0.05) is 0 Å². The van der Waals surface area contributed by atoms with Crippen LogP contribution in [0, 0.1) is 5.41 Å². The van der Waals surface area contributed by atoms with Gasteiger partial charge in [0.25, 0.3) is 0 Å². The Morgan fingerprint density at radius 2 is 1.53 bits per heavy atom. The van der Waals surface area contributed by atoms with E-state index in [0.717, 1.165) is 5.66 Å². The number of hydrogen-bond acceptors (Lipinski definition) is 0. The van der Waals surface area contributed by atoms with Crippen molar-refractivity contribution in [3.05, 3.63) is 0 Å². The fourth-order valence-corrected chi connectivity index (χ4v) is 3.61. The van der Waals surface area contributed by atoms with Crippen LogP contribution in [0.15, 0.2) is 0 Å². The minimum absolute atomic E-state index is 0.604. The molecule has 0 amide bonds. The highest BCUT2D eigenvalue weighted by Crippen LogP contribution is 2.42. The van der Waals surface area contributed by atoms with Crippen LogP contribution < -0.4 is 0 Å². The van der Waals surface area contributed by atoms with Gasteiger partial charge in [-0.25, -0.2) is 0 Å². The van der Waals surface area contributed by atoms with Crippen molar-refractivity contribution in [2.75, 3.05) is 0 Å². The molecule has 0 rings (SSSR count). The zero-order valence-corrected chi connectivity index (χ0v) is 12.5. The van der Waals surface area contributed by atoms with E-state index in [1.807, 2.05) is 0 Å². The lowest BCUT2D eigenvalue weighted by atomic mass is 9.74. The zero-order valence-electron chi connectivity index (χ0n) is 11.3. The molecule has 92 valence electrons. The third-order valence-corrected chi connectivity index (χ3v) is 5.10. The average Bonchev–Trinajstić information content (AvgIpc) is 2.26. The first-order valence-electron chi connectivity index (χ1n) is 6.92. The third kappa shape index (κ3) is 4.85. The van der Waals surface area contributed by atoms with Crippen molar-refractivity contribution >= 4 is 9.24 Å². The quantitative estimate of drug-likeness (QED) is 0.366. The number of hydrogen-bond donors (Lipinski definition) is 0. The lowest BCUT2D eigenvalue weighted by molar-refractivity contribution is 0.218. The monoisotopic (exact) mass is 230 g/mol. The van der Waals surface area contributed by atoms with E-state index < -0.39 is 0 Å². The summed E-state index contributed by atoms with van der Waals surface area (Å²) in [6, 6.07) is 0. The molecule has 15 heavy (non-hydrogen) atoms. The Bertz CT molecular complexity index is 138. The Morgan fingerprint density at radius 1 is 0.933 bits per heavy atom. The van der Waals surface area contributed by atoms with Gasteiger partial charge in [-0.15, -0.1) is 9.24 Å². The Balaban J connectivity index is 4.19. The molecule has 2 atom stereocenters. The maximum Gasteiger partial charge on any atom is -0.0208 e. The highest BCUT2D eigenvalue weighted by Gasteiger charge is 2.31. The number of rotatable bonds is 9. The lowest BCUT2D eigenvalue weighted by Crippen LogP contribution is -2.29. The summed E-state index contributed by atoms with van der Waals surface area (Å²) in [7, 11) is 3.14. The molecule has 0 aromatic heterocycles. The van der Waals surface area contributed by atoms with Gasteiger partial charge in [0.15, 0.2) is 0 Å². The van der Waals surface area contributed by atoms with E-state index in [1.165, 1.54) is 51.4 Å². The van der Waals surface area contributed by atoms with E-state index in [2.05, 4.69) is 36.9 Å². The maximum atomic E-state index is 3.14. The van der Waals surface area contributed by atoms with Gasteiger partial charge in [0.05, 0.1) is 0 Å². The molecule has 0 aliphatic heterocycles.